The van der Waals surface area contributed by atoms with Gasteiger partial charge in [-0.25, -0.2) is 0 Å². The van der Waals surface area contributed by atoms with Crippen LogP contribution in [0.1, 0.15) is 11.1 Å². The zero-order valence-corrected chi connectivity index (χ0v) is 12.8. The maximum atomic E-state index is 8.94. The molecule has 0 atom stereocenters. The number of thioether (sulfide) groups is 1. The van der Waals surface area contributed by atoms with E-state index < -0.39 is 0 Å². The molecule has 2 nitrogen and oxygen atoms in total. The monoisotopic (exact) mass is 333 g/mol. The molecule has 0 unspecified atom stereocenters. The van der Waals surface area contributed by atoms with Crippen LogP contribution in [0.15, 0.2) is 51.8 Å². The third-order valence-corrected chi connectivity index (χ3v) is 4.15. The van der Waals surface area contributed by atoms with E-state index in [0.29, 0.717) is 11.3 Å². The largest absolute Gasteiger partial charge is 0.495 e. The molecule has 2 rings (SSSR count). The van der Waals surface area contributed by atoms with Crippen molar-refractivity contribution in [1.29, 1.82) is 5.26 Å². The van der Waals surface area contributed by atoms with Gasteiger partial charge in [-0.05, 0) is 35.9 Å². The molecule has 4 heteroatoms. The smallest absolute Gasteiger partial charge is 0.136 e. The summed E-state index contributed by atoms with van der Waals surface area (Å²) < 4.78 is 6.29. The summed E-state index contributed by atoms with van der Waals surface area (Å²) in [4.78, 5) is 1.21. The second kappa shape index (κ2) is 6.65. The molecular formula is C15H12BrNOS. The Balaban J connectivity index is 2.10. The van der Waals surface area contributed by atoms with Gasteiger partial charge in [0.1, 0.15) is 11.8 Å². The normalized spacial score (nSPS) is 9.95. The van der Waals surface area contributed by atoms with Gasteiger partial charge in [0.05, 0.1) is 12.7 Å². The summed E-state index contributed by atoms with van der Waals surface area (Å²) in [5, 5.41) is 8.94. The van der Waals surface area contributed by atoms with E-state index in [1.165, 1.54) is 4.90 Å². The van der Waals surface area contributed by atoms with Gasteiger partial charge in [0.15, 0.2) is 0 Å². The predicted octanol–water partition coefficient (Wildman–Crippen LogP) is 4.62. The topological polar surface area (TPSA) is 33.0 Å². The summed E-state index contributed by atoms with van der Waals surface area (Å²) in [7, 11) is 1.58. The van der Waals surface area contributed by atoms with Gasteiger partial charge in [0.2, 0.25) is 0 Å². The Labute approximate surface area is 125 Å². The Morgan fingerprint density at radius 3 is 2.79 bits per heavy atom. The summed E-state index contributed by atoms with van der Waals surface area (Å²) >= 11 is 5.21. The number of methoxy groups -OCH3 is 1. The quantitative estimate of drug-likeness (QED) is 0.765. The van der Waals surface area contributed by atoms with Crippen LogP contribution >= 0.6 is 27.7 Å². The number of hydrogen-bond acceptors (Lipinski definition) is 3. The van der Waals surface area contributed by atoms with E-state index in [1.807, 2.05) is 24.3 Å². The van der Waals surface area contributed by atoms with Crippen LogP contribution in [0.2, 0.25) is 0 Å². The van der Waals surface area contributed by atoms with Gasteiger partial charge in [-0.3, -0.25) is 0 Å². The molecule has 0 aliphatic carbocycles. The molecule has 19 heavy (non-hydrogen) atoms. The van der Waals surface area contributed by atoms with Crippen LogP contribution in [0.3, 0.4) is 0 Å². The van der Waals surface area contributed by atoms with Crippen molar-refractivity contribution < 1.29 is 4.74 Å². The second-order valence-electron chi connectivity index (χ2n) is 3.89. The van der Waals surface area contributed by atoms with Crippen LogP contribution in [0, 0.1) is 11.3 Å². The van der Waals surface area contributed by atoms with Crippen molar-refractivity contribution in [3.05, 3.63) is 58.1 Å². The lowest BCUT2D eigenvalue weighted by atomic mass is 10.1. The van der Waals surface area contributed by atoms with Gasteiger partial charge in [0, 0.05) is 15.1 Å². The third kappa shape index (κ3) is 3.76. The van der Waals surface area contributed by atoms with E-state index in [1.54, 1.807) is 24.9 Å². The first-order valence-electron chi connectivity index (χ1n) is 5.68. The first kappa shape index (κ1) is 14.0. The minimum atomic E-state index is 0.568. The van der Waals surface area contributed by atoms with Gasteiger partial charge in [0.25, 0.3) is 0 Å². The summed E-state index contributed by atoms with van der Waals surface area (Å²) in [5.41, 5.74) is 1.71. The minimum Gasteiger partial charge on any atom is -0.495 e. The van der Waals surface area contributed by atoms with Gasteiger partial charge < -0.3 is 4.74 Å². The zero-order chi connectivity index (χ0) is 13.7. The van der Waals surface area contributed by atoms with Crippen molar-refractivity contribution in [3.63, 3.8) is 0 Å². The number of benzene rings is 2. The van der Waals surface area contributed by atoms with E-state index in [2.05, 4.69) is 34.1 Å². The highest BCUT2D eigenvalue weighted by Crippen LogP contribution is 2.27. The predicted molar refractivity (Wildman–Crippen MR) is 81.4 cm³/mol. The lowest BCUT2D eigenvalue weighted by Gasteiger charge is -2.06. The van der Waals surface area contributed by atoms with Crippen molar-refractivity contribution in [1.82, 2.24) is 0 Å². The van der Waals surface area contributed by atoms with Crippen LogP contribution in [0.4, 0.5) is 0 Å². The molecule has 0 N–H and O–H groups in total. The maximum Gasteiger partial charge on any atom is 0.136 e. The van der Waals surface area contributed by atoms with Gasteiger partial charge >= 0.3 is 0 Å². The molecule has 0 heterocycles. The van der Waals surface area contributed by atoms with Crippen LogP contribution in [0.25, 0.3) is 0 Å². The van der Waals surface area contributed by atoms with Crippen molar-refractivity contribution in [3.8, 4) is 11.8 Å². The molecule has 0 bridgehead atoms. The van der Waals surface area contributed by atoms with E-state index in [0.717, 1.165) is 15.8 Å². The van der Waals surface area contributed by atoms with Crippen molar-refractivity contribution in [2.45, 2.75) is 10.6 Å². The fourth-order valence-corrected chi connectivity index (χ4v) is 3.09. The lowest BCUT2D eigenvalue weighted by Crippen LogP contribution is -1.90. The first-order chi connectivity index (χ1) is 9.22. The molecule has 0 aromatic heterocycles. The number of nitrogens with zero attached hydrogens (tertiary/aromatic N) is 1. The molecule has 96 valence electrons. The summed E-state index contributed by atoms with van der Waals surface area (Å²) in [6, 6.07) is 16.0. The molecule has 0 radical (unpaired) electrons. The van der Waals surface area contributed by atoms with Crippen LogP contribution in [-0.4, -0.2) is 7.11 Å². The molecule has 0 saturated heterocycles. The maximum absolute atomic E-state index is 8.94. The van der Waals surface area contributed by atoms with Gasteiger partial charge in [-0.15, -0.1) is 11.8 Å². The SMILES string of the molecule is COc1cc(CSc2cccc(Br)c2)ccc1C#N. The summed E-state index contributed by atoms with van der Waals surface area (Å²) in [5.74, 6) is 1.48. The average Bonchev–Trinajstić information content (AvgIpc) is 2.45. The number of rotatable bonds is 4. The third-order valence-electron chi connectivity index (χ3n) is 2.59. The minimum absolute atomic E-state index is 0.568. The fraction of sp³-hybridized carbons (Fsp3) is 0.133. The fourth-order valence-electron chi connectivity index (χ4n) is 1.64. The highest BCUT2D eigenvalue weighted by molar-refractivity contribution is 9.10. The molecule has 0 saturated carbocycles. The molecule has 2 aromatic carbocycles. The standard InChI is InChI=1S/C15H12BrNOS/c1-18-15-7-11(5-6-12(15)9-17)10-19-14-4-2-3-13(16)8-14/h2-8H,10H2,1H3. The Morgan fingerprint density at radius 1 is 1.26 bits per heavy atom. The molecule has 0 fully saturated rings. The highest BCUT2D eigenvalue weighted by Gasteiger charge is 2.04. The average molecular weight is 334 g/mol. The van der Waals surface area contributed by atoms with E-state index in [9.17, 15) is 0 Å². The van der Waals surface area contributed by atoms with Crippen molar-refractivity contribution >= 4 is 27.7 Å². The summed E-state index contributed by atoms with van der Waals surface area (Å²) in [6.07, 6.45) is 0. The Kier molecular flexibility index (Phi) is 4.89. The molecule has 2 aromatic rings. The Bertz CT molecular complexity index is 622. The number of halogens is 1. The molecule has 0 spiro atoms. The first-order valence-corrected chi connectivity index (χ1v) is 7.46. The van der Waals surface area contributed by atoms with E-state index in [4.69, 9.17) is 10.00 Å². The van der Waals surface area contributed by atoms with Gasteiger partial charge in [-0.2, -0.15) is 5.26 Å². The van der Waals surface area contributed by atoms with Crippen LogP contribution in [0.5, 0.6) is 5.75 Å². The number of ether oxygens (including phenoxy) is 1. The molecule has 0 amide bonds. The van der Waals surface area contributed by atoms with Crippen LogP contribution < -0.4 is 4.74 Å². The summed E-state index contributed by atoms with van der Waals surface area (Å²) in [6.45, 7) is 0. The highest BCUT2D eigenvalue weighted by atomic mass is 79.9. The lowest BCUT2D eigenvalue weighted by molar-refractivity contribution is 0.413. The second-order valence-corrected chi connectivity index (χ2v) is 5.86. The molecule has 0 aliphatic rings. The zero-order valence-electron chi connectivity index (χ0n) is 10.4. The Morgan fingerprint density at radius 2 is 2.11 bits per heavy atom. The van der Waals surface area contributed by atoms with Crippen molar-refractivity contribution in [2.75, 3.05) is 7.11 Å². The Hall–Kier alpha value is -1.44. The van der Waals surface area contributed by atoms with Crippen LogP contribution in [-0.2, 0) is 5.75 Å². The van der Waals surface area contributed by atoms with Crippen molar-refractivity contribution in [2.24, 2.45) is 0 Å². The molecular weight excluding hydrogens is 322 g/mol. The molecule has 0 aliphatic heterocycles. The number of hydrogen-bond donors (Lipinski definition) is 0. The number of nitriles is 1. The van der Waals surface area contributed by atoms with E-state index >= 15 is 0 Å². The van der Waals surface area contributed by atoms with E-state index in [-0.39, 0.29) is 0 Å². The van der Waals surface area contributed by atoms with Gasteiger partial charge in [-0.1, -0.05) is 28.1 Å².